The fourth-order valence-electron chi connectivity index (χ4n) is 3.39. The molecule has 0 radical (unpaired) electrons. The largest absolute Gasteiger partial charge is 0.470 e. The first-order valence-corrected chi connectivity index (χ1v) is 10.5. The van der Waals surface area contributed by atoms with E-state index in [1.54, 1.807) is 6.07 Å². The van der Waals surface area contributed by atoms with E-state index in [1.807, 2.05) is 6.07 Å². The Morgan fingerprint density at radius 1 is 1.34 bits per heavy atom. The van der Waals surface area contributed by atoms with Crippen molar-refractivity contribution in [3.8, 4) is 28.9 Å². The SMILES string of the molecule is Cn1nc(OCC(F)F)c(C(F)(F)F)c1-n1cc(-c2ccc(Cl)c(C(=O)NC3(C#N)CC3)c2)cn1. The van der Waals surface area contributed by atoms with Crippen LogP contribution >= 0.6 is 11.6 Å². The summed E-state index contributed by atoms with van der Waals surface area (Å²) in [4.78, 5) is 12.6. The van der Waals surface area contributed by atoms with Crippen molar-refractivity contribution in [2.45, 2.75) is 31.0 Å². The Hall–Kier alpha value is -3.66. The molecule has 1 aliphatic rings. The van der Waals surface area contributed by atoms with Crippen LogP contribution in [0.5, 0.6) is 5.88 Å². The zero-order valence-electron chi connectivity index (χ0n) is 17.9. The van der Waals surface area contributed by atoms with Gasteiger partial charge in [-0.2, -0.15) is 23.5 Å². The number of aryl methyl sites for hydroxylation is 1. The number of nitrogens with zero attached hydrogens (tertiary/aromatic N) is 5. The van der Waals surface area contributed by atoms with E-state index in [9.17, 15) is 32.0 Å². The average Bonchev–Trinajstić information content (AvgIpc) is 3.22. The molecule has 1 fully saturated rings. The normalized spacial score (nSPS) is 14.6. The van der Waals surface area contributed by atoms with Gasteiger partial charge in [0.15, 0.2) is 18.0 Å². The first-order valence-electron chi connectivity index (χ1n) is 10.1. The zero-order valence-corrected chi connectivity index (χ0v) is 18.7. The number of halogens is 6. The predicted octanol–water partition coefficient (Wildman–Crippen LogP) is 4.37. The molecule has 0 aliphatic heterocycles. The fourth-order valence-corrected chi connectivity index (χ4v) is 3.59. The van der Waals surface area contributed by atoms with Crippen LogP contribution < -0.4 is 10.1 Å². The molecule has 2 aromatic heterocycles. The van der Waals surface area contributed by atoms with Gasteiger partial charge in [0, 0.05) is 18.8 Å². The van der Waals surface area contributed by atoms with Gasteiger partial charge in [-0.25, -0.2) is 18.1 Å². The predicted molar refractivity (Wildman–Crippen MR) is 112 cm³/mol. The van der Waals surface area contributed by atoms with E-state index in [-0.39, 0.29) is 10.6 Å². The first kappa shape index (κ1) is 24.5. The van der Waals surface area contributed by atoms with E-state index < -0.39 is 47.9 Å². The van der Waals surface area contributed by atoms with Crippen LogP contribution in [-0.2, 0) is 13.2 Å². The summed E-state index contributed by atoms with van der Waals surface area (Å²) < 4.78 is 72.6. The number of amides is 1. The van der Waals surface area contributed by atoms with Crippen molar-refractivity contribution in [1.82, 2.24) is 24.9 Å². The van der Waals surface area contributed by atoms with Crippen molar-refractivity contribution in [3.63, 3.8) is 0 Å². The zero-order chi connectivity index (χ0) is 25.5. The van der Waals surface area contributed by atoms with E-state index in [1.165, 1.54) is 31.6 Å². The van der Waals surface area contributed by atoms with E-state index in [0.717, 1.165) is 9.36 Å². The van der Waals surface area contributed by atoms with Crippen LogP contribution in [0.4, 0.5) is 22.0 Å². The van der Waals surface area contributed by atoms with Crippen molar-refractivity contribution in [1.29, 1.82) is 5.26 Å². The number of ether oxygens (including phenoxy) is 1. The van der Waals surface area contributed by atoms with Crippen LogP contribution in [0.1, 0.15) is 28.8 Å². The Kier molecular flexibility index (Phi) is 6.18. The Bertz CT molecular complexity index is 1320. The molecule has 14 heteroatoms. The maximum atomic E-state index is 13.8. The monoisotopic (exact) mass is 514 g/mol. The first-order chi connectivity index (χ1) is 16.4. The quantitative estimate of drug-likeness (QED) is 0.472. The topological polar surface area (TPSA) is 97.8 Å². The molecule has 0 saturated heterocycles. The number of nitriles is 1. The van der Waals surface area contributed by atoms with Crippen LogP contribution in [0.3, 0.4) is 0 Å². The highest BCUT2D eigenvalue weighted by atomic mass is 35.5. The van der Waals surface area contributed by atoms with Crippen molar-refractivity contribution < 1.29 is 31.5 Å². The molecule has 1 aliphatic carbocycles. The Morgan fingerprint density at radius 3 is 2.66 bits per heavy atom. The third kappa shape index (κ3) is 4.93. The van der Waals surface area contributed by atoms with Crippen molar-refractivity contribution in [3.05, 3.63) is 46.7 Å². The summed E-state index contributed by atoms with van der Waals surface area (Å²) in [6.07, 6.45) is -4.40. The highest BCUT2D eigenvalue weighted by molar-refractivity contribution is 6.34. The lowest BCUT2D eigenvalue weighted by Crippen LogP contribution is -2.35. The number of aromatic nitrogens is 4. The summed E-state index contributed by atoms with van der Waals surface area (Å²) in [5.74, 6) is -2.11. The molecule has 0 spiro atoms. The van der Waals surface area contributed by atoms with E-state index >= 15 is 0 Å². The van der Waals surface area contributed by atoms with Gasteiger partial charge < -0.3 is 10.1 Å². The van der Waals surface area contributed by atoms with Crippen LogP contribution in [0, 0.1) is 11.3 Å². The van der Waals surface area contributed by atoms with E-state index in [4.69, 9.17) is 11.6 Å². The van der Waals surface area contributed by atoms with Gasteiger partial charge in [0.05, 0.1) is 22.9 Å². The lowest BCUT2D eigenvalue weighted by Gasteiger charge is -2.11. The molecule has 0 bridgehead atoms. The second-order valence-corrected chi connectivity index (χ2v) is 8.25. The molecule has 1 amide bonds. The number of alkyl halides is 5. The molecule has 4 rings (SSSR count). The van der Waals surface area contributed by atoms with Crippen LogP contribution in [0.2, 0.25) is 5.02 Å². The van der Waals surface area contributed by atoms with Gasteiger partial charge in [0.25, 0.3) is 12.3 Å². The Balaban J connectivity index is 1.69. The number of hydrogen-bond donors (Lipinski definition) is 1. The molecule has 3 aromatic rings. The highest BCUT2D eigenvalue weighted by Gasteiger charge is 2.45. The summed E-state index contributed by atoms with van der Waals surface area (Å²) in [7, 11) is 1.19. The number of nitrogens with one attached hydrogen (secondary N) is 1. The maximum Gasteiger partial charge on any atom is 0.425 e. The lowest BCUT2D eigenvalue weighted by molar-refractivity contribution is -0.139. The van der Waals surface area contributed by atoms with Gasteiger partial charge in [-0.3, -0.25) is 4.79 Å². The average molecular weight is 515 g/mol. The highest BCUT2D eigenvalue weighted by Crippen LogP contribution is 2.40. The number of carbonyl (C=O) groups is 1. The molecule has 2 heterocycles. The van der Waals surface area contributed by atoms with Crippen molar-refractivity contribution >= 4 is 17.5 Å². The van der Waals surface area contributed by atoms with Crippen molar-refractivity contribution in [2.75, 3.05) is 6.61 Å². The van der Waals surface area contributed by atoms with E-state index in [2.05, 4.69) is 20.3 Å². The minimum Gasteiger partial charge on any atom is -0.470 e. The van der Waals surface area contributed by atoms with Gasteiger partial charge in [-0.1, -0.05) is 17.7 Å². The second kappa shape index (κ2) is 8.84. The molecule has 0 atom stereocenters. The summed E-state index contributed by atoms with van der Waals surface area (Å²) in [5.41, 5.74) is -1.45. The lowest BCUT2D eigenvalue weighted by atomic mass is 10.1. The molecule has 184 valence electrons. The van der Waals surface area contributed by atoms with Gasteiger partial charge in [0.2, 0.25) is 5.88 Å². The smallest absolute Gasteiger partial charge is 0.425 e. The molecule has 35 heavy (non-hydrogen) atoms. The molecular formula is C21H16ClF5N6O2. The van der Waals surface area contributed by atoms with Crippen LogP contribution in [0.25, 0.3) is 16.9 Å². The van der Waals surface area contributed by atoms with E-state index in [0.29, 0.717) is 24.0 Å². The Labute approximate surface area is 199 Å². The van der Waals surface area contributed by atoms with Gasteiger partial charge in [-0.15, -0.1) is 5.10 Å². The number of hydrogen-bond acceptors (Lipinski definition) is 5. The number of benzene rings is 1. The summed E-state index contributed by atoms with van der Waals surface area (Å²) in [6, 6.07) is 6.45. The van der Waals surface area contributed by atoms with Gasteiger partial charge >= 0.3 is 6.18 Å². The molecule has 1 aromatic carbocycles. The Morgan fingerprint density at radius 2 is 2.06 bits per heavy atom. The summed E-state index contributed by atoms with van der Waals surface area (Å²) in [5, 5.41) is 19.5. The summed E-state index contributed by atoms with van der Waals surface area (Å²) in [6.45, 7) is -1.26. The summed E-state index contributed by atoms with van der Waals surface area (Å²) >= 11 is 6.15. The second-order valence-electron chi connectivity index (χ2n) is 7.84. The number of rotatable bonds is 7. The standard InChI is InChI=1S/C21H16ClF5N6O2/c1-32-19(16(21(25,26)27)18(31-32)35-9-15(23)24)33-8-12(7-29-33)11-2-3-14(22)13(6-11)17(34)30-20(10-28)4-5-20/h2-3,6-8,15H,4-5,9H2,1H3,(H,30,34). The molecule has 1 saturated carbocycles. The van der Waals surface area contributed by atoms with Gasteiger partial charge in [-0.05, 0) is 30.5 Å². The minimum absolute atomic E-state index is 0.0811. The third-order valence-electron chi connectivity index (χ3n) is 5.28. The molecule has 1 N–H and O–H groups in total. The maximum absolute atomic E-state index is 13.8. The van der Waals surface area contributed by atoms with Crippen molar-refractivity contribution in [2.24, 2.45) is 7.05 Å². The third-order valence-corrected chi connectivity index (χ3v) is 5.60. The molecule has 8 nitrogen and oxygen atoms in total. The van der Waals surface area contributed by atoms with Crippen LogP contribution in [-0.4, -0.2) is 44.0 Å². The molecule has 0 unspecified atom stereocenters. The fraction of sp³-hybridized carbons (Fsp3) is 0.333. The van der Waals surface area contributed by atoms with Crippen LogP contribution in [0.15, 0.2) is 30.6 Å². The minimum atomic E-state index is -4.97. The number of carbonyl (C=O) groups excluding carboxylic acids is 1. The molecular weight excluding hydrogens is 499 g/mol. The van der Waals surface area contributed by atoms with Gasteiger partial charge in [0.1, 0.15) is 5.54 Å².